The molecule has 22 heavy (non-hydrogen) atoms. The van der Waals surface area contributed by atoms with Gasteiger partial charge in [0.1, 0.15) is 5.54 Å². The van der Waals surface area contributed by atoms with E-state index < -0.39 is 11.5 Å². The second kappa shape index (κ2) is 4.58. The highest BCUT2D eigenvalue weighted by molar-refractivity contribution is 5.91. The number of carbonyl (C=O) groups excluding carboxylic acids is 1. The second-order valence-corrected chi connectivity index (χ2v) is 7.15. The van der Waals surface area contributed by atoms with Crippen molar-refractivity contribution in [3.63, 3.8) is 0 Å². The molecular formula is C18H21NO3. The summed E-state index contributed by atoms with van der Waals surface area (Å²) in [5.74, 6) is -0.990. The number of carbonyl (C=O) groups is 2. The first-order valence-electron chi connectivity index (χ1n) is 8.21. The van der Waals surface area contributed by atoms with E-state index in [9.17, 15) is 14.7 Å². The molecule has 0 radical (unpaired) electrons. The van der Waals surface area contributed by atoms with Crippen LogP contribution in [-0.2, 0) is 21.4 Å². The van der Waals surface area contributed by atoms with Crippen LogP contribution in [0.4, 0.5) is 0 Å². The van der Waals surface area contributed by atoms with Gasteiger partial charge < -0.3 is 10.4 Å². The molecule has 0 aliphatic heterocycles. The van der Waals surface area contributed by atoms with Crippen LogP contribution in [0.5, 0.6) is 0 Å². The quantitative estimate of drug-likeness (QED) is 0.900. The number of rotatable bonds is 3. The summed E-state index contributed by atoms with van der Waals surface area (Å²) >= 11 is 0. The van der Waals surface area contributed by atoms with Gasteiger partial charge in [-0.1, -0.05) is 24.3 Å². The molecule has 1 spiro atoms. The van der Waals surface area contributed by atoms with Crippen LogP contribution in [-0.4, -0.2) is 22.5 Å². The third kappa shape index (κ3) is 1.82. The summed E-state index contributed by atoms with van der Waals surface area (Å²) in [5, 5.41) is 12.2. The summed E-state index contributed by atoms with van der Waals surface area (Å²) in [6.45, 7) is 0. The molecule has 2 unspecified atom stereocenters. The maximum Gasteiger partial charge on any atom is 0.329 e. The van der Waals surface area contributed by atoms with Crippen molar-refractivity contribution in [2.24, 2.45) is 5.92 Å². The van der Waals surface area contributed by atoms with Gasteiger partial charge in [-0.15, -0.1) is 0 Å². The topological polar surface area (TPSA) is 66.4 Å². The van der Waals surface area contributed by atoms with Gasteiger partial charge in [0.05, 0.1) is 0 Å². The molecule has 4 rings (SSSR count). The second-order valence-electron chi connectivity index (χ2n) is 7.15. The van der Waals surface area contributed by atoms with Gasteiger partial charge in [0.25, 0.3) is 0 Å². The van der Waals surface area contributed by atoms with Crippen LogP contribution in [0.1, 0.15) is 49.7 Å². The largest absolute Gasteiger partial charge is 0.480 e. The summed E-state index contributed by atoms with van der Waals surface area (Å²) in [6.07, 6.45) is 6.11. The molecule has 3 aliphatic rings. The Morgan fingerprint density at radius 1 is 1.14 bits per heavy atom. The van der Waals surface area contributed by atoms with E-state index in [1.54, 1.807) is 0 Å². The minimum Gasteiger partial charge on any atom is -0.480 e. The molecule has 2 fully saturated rings. The number of aryl methyl sites for hydroxylation is 1. The molecule has 4 heteroatoms. The maximum atomic E-state index is 12.6. The molecule has 1 aromatic rings. The third-order valence-electron chi connectivity index (χ3n) is 5.99. The SMILES string of the molecule is O=C(NC1(C(=O)O)CCC1)C1CC12CCCc1ccccc12. The highest BCUT2D eigenvalue weighted by Gasteiger charge is 2.61. The molecule has 116 valence electrons. The van der Waals surface area contributed by atoms with Crippen molar-refractivity contribution in [2.45, 2.75) is 55.9 Å². The molecule has 2 N–H and O–H groups in total. The molecule has 2 atom stereocenters. The number of nitrogens with one attached hydrogen (secondary N) is 1. The molecule has 1 aromatic carbocycles. The predicted octanol–water partition coefficient (Wildman–Crippen LogP) is 2.40. The standard InChI is InChI=1S/C18H21NO3/c20-15(19-18(16(21)22)9-4-10-18)14-11-17(14)8-3-6-12-5-1-2-7-13(12)17/h1-2,5,7,14H,3-4,6,8-11H2,(H,19,20)(H,21,22). The lowest BCUT2D eigenvalue weighted by Crippen LogP contribution is -2.59. The van der Waals surface area contributed by atoms with E-state index in [1.165, 1.54) is 11.1 Å². The summed E-state index contributed by atoms with van der Waals surface area (Å²) < 4.78 is 0. The van der Waals surface area contributed by atoms with E-state index in [-0.39, 0.29) is 17.2 Å². The Labute approximate surface area is 129 Å². The Kier molecular flexibility index (Phi) is 2.87. The zero-order valence-electron chi connectivity index (χ0n) is 12.6. The number of carboxylic acids is 1. The average molecular weight is 299 g/mol. The fourth-order valence-corrected chi connectivity index (χ4v) is 4.42. The normalized spacial score (nSPS) is 31.0. The van der Waals surface area contributed by atoms with E-state index in [1.807, 2.05) is 6.07 Å². The minimum atomic E-state index is -0.991. The van der Waals surface area contributed by atoms with Gasteiger partial charge in [0, 0.05) is 11.3 Å². The van der Waals surface area contributed by atoms with Crippen LogP contribution in [0.15, 0.2) is 24.3 Å². The van der Waals surface area contributed by atoms with Gasteiger partial charge in [0.15, 0.2) is 0 Å². The number of hydrogen-bond acceptors (Lipinski definition) is 2. The van der Waals surface area contributed by atoms with Crippen molar-refractivity contribution in [1.82, 2.24) is 5.32 Å². The van der Waals surface area contributed by atoms with Crippen molar-refractivity contribution in [3.8, 4) is 0 Å². The van der Waals surface area contributed by atoms with Gasteiger partial charge in [-0.05, 0) is 56.1 Å². The highest BCUT2D eigenvalue weighted by Crippen LogP contribution is 2.60. The summed E-state index contributed by atoms with van der Waals surface area (Å²) in [7, 11) is 0. The van der Waals surface area contributed by atoms with Crippen LogP contribution >= 0.6 is 0 Å². The average Bonchev–Trinajstić information content (AvgIpc) is 3.18. The van der Waals surface area contributed by atoms with E-state index in [0.29, 0.717) is 12.8 Å². The fraction of sp³-hybridized carbons (Fsp3) is 0.556. The van der Waals surface area contributed by atoms with Gasteiger partial charge >= 0.3 is 5.97 Å². The summed E-state index contributed by atoms with van der Waals surface area (Å²) in [5.41, 5.74) is 1.66. The summed E-state index contributed by atoms with van der Waals surface area (Å²) in [6, 6.07) is 8.42. The number of aliphatic carboxylic acids is 1. The predicted molar refractivity (Wildman–Crippen MR) is 81.5 cm³/mol. The molecule has 4 nitrogen and oxygen atoms in total. The van der Waals surface area contributed by atoms with E-state index >= 15 is 0 Å². The lowest BCUT2D eigenvalue weighted by atomic mass is 9.76. The lowest BCUT2D eigenvalue weighted by Gasteiger charge is -2.38. The Balaban J connectivity index is 1.55. The first-order valence-corrected chi connectivity index (χ1v) is 8.21. The maximum absolute atomic E-state index is 12.6. The fourth-order valence-electron chi connectivity index (χ4n) is 4.42. The molecular weight excluding hydrogens is 278 g/mol. The van der Waals surface area contributed by atoms with Crippen molar-refractivity contribution in [1.29, 1.82) is 0 Å². The van der Waals surface area contributed by atoms with Gasteiger partial charge in [0.2, 0.25) is 5.91 Å². The first-order chi connectivity index (χ1) is 10.6. The molecule has 0 saturated heterocycles. The van der Waals surface area contributed by atoms with E-state index in [2.05, 4.69) is 23.5 Å². The Morgan fingerprint density at radius 3 is 2.59 bits per heavy atom. The minimum absolute atomic E-state index is 0.0254. The number of fused-ring (bicyclic) bond motifs is 2. The zero-order valence-corrected chi connectivity index (χ0v) is 12.6. The third-order valence-corrected chi connectivity index (χ3v) is 5.99. The molecule has 3 aliphatic carbocycles. The first kappa shape index (κ1) is 13.8. The molecule has 1 amide bonds. The summed E-state index contributed by atoms with van der Waals surface area (Å²) in [4.78, 5) is 24.1. The molecule has 0 bridgehead atoms. The van der Waals surface area contributed by atoms with Crippen molar-refractivity contribution in [2.75, 3.05) is 0 Å². The van der Waals surface area contributed by atoms with Crippen molar-refractivity contribution < 1.29 is 14.7 Å². The Bertz CT molecular complexity index is 649. The molecule has 0 aromatic heterocycles. The Morgan fingerprint density at radius 2 is 1.91 bits per heavy atom. The van der Waals surface area contributed by atoms with Crippen molar-refractivity contribution >= 4 is 11.9 Å². The number of benzene rings is 1. The molecule has 2 saturated carbocycles. The van der Waals surface area contributed by atoms with Gasteiger partial charge in [-0.2, -0.15) is 0 Å². The molecule has 0 heterocycles. The van der Waals surface area contributed by atoms with Crippen molar-refractivity contribution in [3.05, 3.63) is 35.4 Å². The monoisotopic (exact) mass is 299 g/mol. The van der Waals surface area contributed by atoms with Crippen LogP contribution in [0.2, 0.25) is 0 Å². The van der Waals surface area contributed by atoms with Crippen LogP contribution in [0, 0.1) is 5.92 Å². The number of amides is 1. The number of hydrogen-bond donors (Lipinski definition) is 2. The zero-order chi connectivity index (χ0) is 15.4. The Hall–Kier alpha value is -1.84. The van der Waals surface area contributed by atoms with Crippen LogP contribution < -0.4 is 5.32 Å². The van der Waals surface area contributed by atoms with Gasteiger partial charge in [-0.3, -0.25) is 4.79 Å². The van der Waals surface area contributed by atoms with E-state index in [4.69, 9.17) is 0 Å². The van der Waals surface area contributed by atoms with E-state index in [0.717, 1.165) is 32.1 Å². The highest BCUT2D eigenvalue weighted by atomic mass is 16.4. The smallest absolute Gasteiger partial charge is 0.329 e. The van der Waals surface area contributed by atoms with Crippen LogP contribution in [0.25, 0.3) is 0 Å². The number of carboxylic acid groups (broad SMARTS) is 1. The lowest BCUT2D eigenvalue weighted by molar-refractivity contribution is -0.152. The van der Waals surface area contributed by atoms with Crippen LogP contribution in [0.3, 0.4) is 0 Å². The van der Waals surface area contributed by atoms with Gasteiger partial charge in [-0.25, -0.2) is 4.79 Å².